The Morgan fingerprint density at radius 2 is 1.57 bits per heavy atom. The molecule has 0 saturated carbocycles. The monoisotopic (exact) mass is 473 g/mol. The highest BCUT2D eigenvalue weighted by Crippen LogP contribution is 2.37. The van der Waals surface area contributed by atoms with Crippen molar-refractivity contribution in [3.8, 4) is 0 Å². The van der Waals surface area contributed by atoms with Crippen LogP contribution in [0.3, 0.4) is 0 Å². The van der Waals surface area contributed by atoms with Gasteiger partial charge in [-0.05, 0) is 50.5 Å². The van der Waals surface area contributed by atoms with Gasteiger partial charge in [-0.3, -0.25) is 4.90 Å². The summed E-state index contributed by atoms with van der Waals surface area (Å²) in [5.74, 6) is 0. The summed E-state index contributed by atoms with van der Waals surface area (Å²) in [6.07, 6.45) is -0.246. The van der Waals surface area contributed by atoms with E-state index >= 15 is 0 Å². The average molecular weight is 474 g/mol. The summed E-state index contributed by atoms with van der Waals surface area (Å²) in [4.78, 5) is 16.7. The zero-order chi connectivity index (χ0) is 21.9. The Morgan fingerprint density at radius 1 is 1.00 bits per heavy atom. The van der Waals surface area contributed by atoms with E-state index in [1.807, 2.05) is 39.0 Å². The van der Waals surface area contributed by atoms with Gasteiger partial charge in [0.25, 0.3) is 0 Å². The molecule has 0 aliphatic carbocycles. The lowest BCUT2D eigenvalue weighted by molar-refractivity contribution is 0.00866. The lowest BCUT2D eigenvalue weighted by Gasteiger charge is -2.42. The predicted octanol–water partition coefficient (Wildman–Crippen LogP) is 5.05. The van der Waals surface area contributed by atoms with Gasteiger partial charge >= 0.3 is 6.09 Å². The molecule has 0 radical (unpaired) electrons. The number of rotatable bonds is 4. The van der Waals surface area contributed by atoms with E-state index in [1.54, 1.807) is 4.90 Å². The van der Waals surface area contributed by atoms with Crippen molar-refractivity contribution in [2.24, 2.45) is 5.73 Å². The minimum absolute atomic E-state index is 0.0192. The Morgan fingerprint density at radius 3 is 2.13 bits per heavy atom. The summed E-state index contributed by atoms with van der Waals surface area (Å²) >= 11 is 3.67. The molecule has 2 N–H and O–H groups in total. The first-order valence-corrected chi connectivity index (χ1v) is 11.2. The summed E-state index contributed by atoms with van der Waals surface area (Å²) < 4.78 is 6.56. The Balaban J connectivity index is 1.83. The number of amides is 1. The van der Waals surface area contributed by atoms with Crippen LogP contribution in [-0.4, -0.2) is 47.7 Å². The maximum Gasteiger partial charge on any atom is 0.410 e. The second-order valence-corrected chi connectivity index (χ2v) is 9.71. The Labute approximate surface area is 188 Å². The molecule has 2 unspecified atom stereocenters. The van der Waals surface area contributed by atoms with E-state index in [1.165, 1.54) is 11.1 Å². The van der Waals surface area contributed by atoms with Crippen LogP contribution in [0.25, 0.3) is 0 Å². The molecule has 2 aromatic rings. The van der Waals surface area contributed by atoms with Crippen LogP contribution in [0.4, 0.5) is 4.79 Å². The molecule has 162 valence electrons. The van der Waals surface area contributed by atoms with Crippen molar-refractivity contribution in [3.05, 3.63) is 69.7 Å². The van der Waals surface area contributed by atoms with Crippen molar-refractivity contribution >= 4 is 22.0 Å². The smallest absolute Gasteiger partial charge is 0.410 e. The molecule has 1 amide bonds. The van der Waals surface area contributed by atoms with Gasteiger partial charge in [-0.15, -0.1) is 0 Å². The third-order valence-corrected chi connectivity index (χ3v) is 6.19. The van der Waals surface area contributed by atoms with Crippen LogP contribution in [0.1, 0.15) is 49.5 Å². The van der Waals surface area contributed by atoms with Gasteiger partial charge in [0, 0.05) is 30.7 Å². The van der Waals surface area contributed by atoms with Gasteiger partial charge in [0.1, 0.15) is 5.60 Å². The Bertz CT molecular complexity index is 873. The van der Waals surface area contributed by atoms with E-state index < -0.39 is 5.60 Å². The molecule has 3 rings (SSSR count). The maximum atomic E-state index is 12.5. The van der Waals surface area contributed by atoms with Gasteiger partial charge in [0.2, 0.25) is 0 Å². The summed E-state index contributed by atoms with van der Waals surface area (Å²) in [6, 6.07) is 16.4. The van der Waals surface area contributed by atoms with Crippen molar-refractivity contribution in [1.29, 1.82) is 0 Å². The fourth-order valence-electron chi connectivity index (χ4n) is 3.96. The molecule has 0 bridgehead atoms. The molecule has 1 heterocycles. The molecule has 5 nitrogen and oxygen atoms in total. The first-order valence-electron chi connectivity index (χ1n) is 10.4. The van der Waals surface area contributed by atoms with Crippen LogP contribution in [0, 0.1) is 6.92 Å². The van der Waals surface area contributed by atoms with Gasteiger partial charge in [0.15, 0.2) is 0 Å². The second-order valence-electron chi connectivity index (χ2n) is 8.85. The van der Waals surface area contributed by atoms with E-state index in [9.17, 15) is 4.79 Å². The molecule has 1 saturated heterocycles. The van der Waals surface area contributed by atoms with Gasteiger partial charge in [0.05, 0.1) is 12.1 Å². The number of halogens is 1. The number of hydrogen-bond donors (Lipinski definition) is 1. The van der Waals surface area contributed by atoms with Crippen molar-refractivity contribution in [3.63, 3.8) is 0 Å². The lowest BCUT2D eigenvalue weighted by atomic mass is 9.89. The zero-order valence-electron chi connectivity index (χ0n) is 18.3. The molecule has 0 spiro atoms. The number of aryl methyl sites for hydroxylation is 1. The summed E-state index contributed by atoms with van der Waals surface area (Å²) in [6.45, 7) is 10.6. The summed E-state index contributed by atoms with van der Waals surface area (Å²) in [5, 5.41) is 0. The number of nitrogens with two attached hydrogens (primary N) is 1. The number of ether oxygens (including phenoxy) is 1. The molecular weight excluding hydrogens is 442 g/mol. The Kier molecular flexibility index (Phi) is 7.22. The number of nitrogens with zero attached hydrogens (tertiary/aromatic N) is 2. The fraction of sp³-hybridized carbons (Fsp3) is 0.458. The number of piperazine rings is 1. The predicted molar refractivity (Wildman–Crippen MR) is 124 cm³/mol. The second kappa shape index (κ2) is 9.50. The van der Waals surface area contributed by atoms with Crippen molar-refractivity contribution in [2.75, 3.05) is 26.2 Å². The molecule has 0 aromatic heterocycles. The molecule has 1 fully saturated rings. The van der Waals surface area contributed by atoms with Crippen molar-refractivity contribution in [1.82, 2.24) is 9.80 Å². The van der Waals surface area contributed by atoms with Gasteiger partial charge < -0.3 is 15.4 Å². The van der Waals surface area contributed by atoms with Gasteiger partial charge in [-0.25, -0.2) is 4.79 Å². The standard InChI is InChI=1S/C24H32BrN3O2/c1-17-9-5-6-10-18(17)22(21(26)19-11-7-8-12-20(19)25)27-13-15-28(16-14-27)23(29)30-24(2,3)4/h5-12,21-22H,13-16,26H2,1-4H3. The minimum atomic E-state index is -0.486. The maximum absolute atomic E-state index is 12.5. The van der Waals surface area contributed by atoms with Crippen LogP contribution in [0.5, 0.6) is 0 Å². The van der Waals surface area contributed by atoms with Crippen LogP contribution in [-0.2, 0) is 4.74 Å². The highest BCUT2D eigenvalue weighted by atomic mass is 79.9. The van der Waals surface area contributed by atoms with Crippen LogP contribution in [0.15, 0.2) is 53.0 Å². The van der Waals surface area contributed by atoms with Crippen molar-refractivity contribution in [2.45, 2.75) is 45.4 Å². The number of carbonyl (C=O) groups excluding carboxylic acids is 1. The Hall–Kier alpha value is -1.89. The number of benzene rings is 2. The minimum Gasteiger partial charge on any atom is -0.444 e. The van der Waals surface area contributed by atoms with Gasteiger partial charge in [-0.2, -0.15) is 0 Å². The number of hydrogen-bond acceptors (Lipinski definition) is 4. The SMILES string of the molecule is Cc1ccccc1C(C(N)c1ccccc1Br)N1CCN(C(=O)OC(C)(C)C)CC1. The van der Waals surface area contributed by atoms with Crippen molar-refractivity contribution < 1.29 is 9.53 Å². The van der Waals surface area contributed by atoms with E-state index in [2.05, 4.69) is 58.1 Å². The molecule has 1 aliphatic heterocycles. The third kappa shape index (κ3) is 5.42. The topological polar surface area (TPSA) is 58.8 Å². The first-order chi connectivity index (χ1) is 14.2. The van der Waals surface area contributed by atoms with E-state index in [0.29, 0.717) is 13.1 Å². The normalized spacial score (nSPS) is 17.5. The third-order valence-electron chi connectivity index (χ3n) is 5.47. The summed E-state index contributed by atoms with van der Waals surface area (Å²) in [5.41, 5.74) is 9.92. The molecule has 1 aliphatic rings. The van der Waals surface area contributed by atoms with Gasteiger partial charge in [-0.1, -0.05) is 58.4 Å². The molecule has 6 heteroatoms. The van der Waals surface area contributed by atoms with E-state index in [4.69, 9.17) is 10.5 Å². The quantitative estimate of drug-likeness (QED) is 0.674. The molecule has 30 heavy (non-hydrogen) atoms. The van der Waals surface area contributed by atoms with Crippen LogP contribution < -0.4 is 5.73 Å². The summed E-state index contributed by atoms with van der Waals surface area (Å²) in [7, 11) is 0. The van der Waals surface area contributed by atoms with E-state index in [0.717, 1.165) is 23.1 Å². The largest absolute Gasteiger partial charge is 0.444 e. The zero-order valence-corrected chi connectivity index (χ0v) is 19.9. The molecular formula is C24H32BrN3O2. The van der Waals surface area contributed by atoms with Crippen LogP contribution in [0.2, 0.25) is 0 Å². The van der Waals surface area contributed by atoms with E-state index in [-0.39, 0.29) is 18.2 Å². The molecule has 2 aromatic carbocycles. The van der Waals surface area contributed by atoms with Crippen LogP contribution >= 0.6 is 15.9 Å². The fourth-order valence-corrected chi connectivity index (χ4v) is 4.51. The molecule has 2 atom stereocenters. The highest BCUT2D eigenvalue weighted by Gasteiger charge is 2.34. The first kappa shape index (κ1) is 22.8. The lowest BCUT2D eigenvalue weighted by Crippen LogP contribution is -2.52. The highest BCUT2D eigenvalue weighted by molar-refractivity contribution is 9.10. The number of carbonyl (C=O) groups is 1. The average Bonchev–Trinajstić information content (AvgIpc) is 2.69.